The van der Waals surface area contributed by atoms with E-state index in [2.05, 4.69) is 44.3 Å². The van der Waals surface area contributed by atoms with E-state index in [1.807, 2.05) is 19.1 Å². The Morgan fingerprint density at radius 2 is 2.12 bits per heavy atom. The summed E-state index contributed by atoms with van der Waals surface area (Å²) in [5.74, 6) is 0.974. The maximum atomic E-state index is 5.74. The standard InChI is InChI=1S/C15H23NO/c1-5-6-9-17-15-8-7-13(4)10-14(15)11-16-12(2)3/h5-8,10,12,16H,9,11H2,1-4H3. The Labute approximate surface area is 105 Å². The minimum atomic E-state index is 0.485. The Balaban J connectivity index is 2.72. The summed E-state index contributed by atoms with van der Waals surface area (Å²) in [5, 5.41) is 3.42. The van der Waals surface area contributed by atoms with Crippen LogP contribution in [0.5, 0.6) is 5.75 Å². The molecule has 0 aliphatic carbocycles. The van der Waals surface area contributed by atoms with Gasteiger partial charge in [0.1, 0.15) is 12.4 Å². The van der Waals surface area contributed by atoms with Crippen molar-refractivity contribution in [2.45, 2.75) is 40.3 Å². The average Bonchev–Trinajstić information content (AvgIpc) is 2.29. The first-order valence-electron chi connectivity index (χ1n) is 6.20. The molecule has 0 unspecified atom stereocenters. The first-order chi connectivity index (χ1) is 8.13. The van der Waals surface area contributed by atoms with Crippen molar-refractivity contribution in [3.05, 3.63) is 41.5 Å². The van der Waals surface area contributed by atoms with Crippen molar-refractivity contribution < 1.29 is 4.74 Å². The first kappa shape index (κ1) is 13.8. The molecule has 0 spiro atoms. The number of nitrogens with one attached hydrogen (secondary N) is 1. The number of benzene rings is 1. The van der Waals surface area contributed by atoms with Crippen LogP contribution in [0.2, 0.25) is 0 Å². The molecule has 94 valence electrons. The van der Waals surface area contributed by atoms with E-state index >= 15 is 0 Å². The minimum absolute atomic E-state index is 0.485. The van der Waals surface area contributed by atoms with Gasteiger partial charge in [-0.15, -0.1) is 0 Å². The van der Waals surface area contributed by atoms with Gasteiger partial charge in [0.05, 0.1) is 0 Å². The van der Waals surface area contributed by atoms with E-state index in [0.717, 1.165) is 12.3 Å². The molecule has 0 bridgehead atoms. The highest BCUT2D eigenvalue weighted by molar-refractivity contribution is 5.37. The molecule has 0 atom stereocenters. The molecule has 0 saturated carbocycles. The number of allylic oxidation sites excluding steroid dienone is 1. The molecular weight excluding hydrogens is 210 g/mol. The summed E-state index contributed by atoms with van der Waals surface area (Å²) >= 11 is 0. The molecule has 2 heteroatoms. The van der Waals surface area contributed by atoms with E-state index in [4.69, 9.17) is 4.74 Å². The normalized spacial score (nSPS) is 11.4. The van der Waals surface area contributed by atoms with Gasteiger partial charge >= 0.3 is 0 Å². The largest absolute Gasteiger partial charge is 0.489 e. The van der Waals surface area contributed by atoms with Gasteiger partial charge in [0.25, 0.3) is 0 Å². The molecule has 2 nitrogen and oxygen atoms in total. The van der Waals surface area contributed by atoms with Crippen LogP contribution in [0.3, 0.4) is 0 Å². The summed E-state index contributed by atoms with van der Waals surface area (Å²) in [4.78, 5) is 0. The maximum Gasteiger partial charge on any atom is 0.124 e. The lowest BCUT2D eigenvalue weighted by Gasteiger charge is -2.13. The van der Waals surface area contributed by atoms with Crippen LogP contribution in [0.15, 0.2) is 30.4 Å². The Bertz CT molecular complexity index is 369. The molecule has 1 rings (SSSR count). The van der Waals surface area contributed by atoms with Crippen molar-refractivity contribution in [1.29, 1.82) is 0 Å². The Morgan fingerprint density at radius 1 is 1.35 bits per heavy atom. The van der Waals surface area contributed by atoms with Crippen molar-refractivity contribution in [2.75, 3.05) is 6.61 Å². The Morgan fingerprint density at radius 3 is 2.76 bits per heavy atom. The zero-order chi connectivity index (χ0) is 12.7. The first-order valence-corrected chi connectivity index (χ1v) is 6.20. The molecule has 1 aromatic rings. The molecule has 0 saturated heterocycles. The molecule has 0 heterocycles. The summed E-state index contributed by atoms with van der Waals surface area (Å²) in [6.45, 7) is 9.89. The lowest BCUT2D eigenvalue weighted by atomic mass is 10.1. The molecule has 1 aromatic carbocycles. The average molecular weight is 233 g/mol. The highest BCUT2D eigenvalue weighted by Gasteiger charge is 2.04. The van der Waals surface area contributed by atoms with Gasteiger partial charge < -0.3 is 10.1 Å². The predicted molar refractivity (Wildman–Crippen MR) is 73.5 cm³/mol. The van der Waals surface area contributed by atoms with Crippen molar-refractivity contribution in [3.63, 3.8) is 0 Å². The van der Waals surface area contributed by atoms with E-state index in [0.29, 0.717) is 12.6 Å². The summed E-state index contributed by atoms with van der Waals surface area (Å²) in [7, 11) is 0. The third kappa shape index (κ3) is 5.05. The third-order valence-corrected chi connectivity index (χ3v) is 2.49. The lowest BCUT2D eigenvalue weighted by Crippen LogP contribution is -2.22. The van der Waals surface area contributed by atoms with E-state index < -0.39 is 0 Å². The fourth-order valence-electron chi connectivity index (χ4n) is 1.54. The van der Waals surface area contributed by atoms with Crippen LogP contribution in [0.25, 0.3) is 0 Å². The van der Waals surface area contributed by atoms with Crippen LogP contribution >= 0.6 is 0 Å². The van der Waals surface area contributed by atoms with Crippen LogP contribution in [-0.2, 0) is 6.54 Å². The number of ether oxygens (including phenoxy) is 1. The fraction of sp³-hybridized carbons (Fsp3) is 0.467. The molecule has 0 radical (unpaired) electrons. The van der Waals surface area contributed by atoms with Gasteiger partial charge in [0.15, 0.2) is 0 Å². The molecule has 0 aromatic heterocycles. The van der Waals surface area contributed by atoms with Crippen LogP contribution in [-0.4, -0.2) is 12.6 Å². The zero-order valence-corrected chi connectivity index (χ0v) is 11.3. The second kappa shape index (κ2) is 7.13. The van der Waals surface area contributed by atoms with E-state index in [1.165, 1.54) is 11.1 Å². The van der Waals surface area contributed by atoms with E-state index in [-0.39, 0.29) is 0 Å². The summed E-state index contributed by atoms with van der Waals surface area (Å²) in [6.07, 6.45) is 4.01. The molecule has 0 aliphatic rings. The van der Waals surface area contributed by atoms with Gasteiger partial charge in [-0.25, -0.2) is 0 Å². The number of rotatable bonds is 6. The molecule has 1 N–H and O–H groups in total. The van der Waals surface area contributed by atoms with E-state index in [1.54, 1.807) is 0 Å². The monoisotopic (exact) mass is 233 g/mol. The van der Waals surface area contributed by atoms with E-state index in [9.17, 15) is 0 Å². The van der Waals surface area contributed by atoms with Crippen LogP contribution in [0.1, 0.15) is 31.9 Å². The van der Waals surface area contributed by atoms with Crippen LogP contribution in [0.4, 0.5) is 0 Å². The summed E-state index contributed by atoms with van der Waals surface area (Å²) in [6, 6.07) is 6.80. The Hall–Kier alpha value is -1.28. The topological polar surface area (TPSA) is 21.3 Å². The third-order valence-electron chi connectivity index (χ3n) is 2.49. The fourth-order valence-corrected chi connectivity index (χ4v) is 1.54. The van der Waals surface area contributed by atoms with Gasteiger partial charge in [-0.2, -0.15) is 0 Å². The quantitative estimate of drug-likeness (QED) is 0.760. The maximum absolute atomic E-state index is 5.74. The SMILES string of the molecule is CC=CCOc1ccc(C)cc1CNC(C)C. The van der Waals surface area contributed by atoms with Crippen molar-refractivity contribution in [3.8, 4) is 5.75 Å². The van der Waals surface area contributed by atoms with Gasteiger partial charge in [0.2, 0.25) is 0 Å². The van der Waals surface area contributed by atoms with Gasteiger partial charge in [0, 0.05) is 18.2 Å². The minimum Gasteiger partial charge on any atom is -0.489 e. The van der Waals surface area contributed by atoms with Gasteiger partial charge in [-0.3, -0.25) is 0 Å². The summed E-state index contributed by atoms with van der Waals surface area (Å²) < 4.78 is 5.74. The van der Waals surface area contributed by atoms with Gasteiger partial charge in [-0.1, -0.05) is 43.7 Å². The number of aryl methyl sites for hydroxylation is 1. The smallest absolute Gasteiger partial charge is 0.124 e. The predicted octanol–water partition coefficient (Wildman–Crippen LogP) is 3.45. The highest BCUT2D eigenvalue weighted by atomic mass is 16.5. The van der Waals surface area contributed by atoms with Crippen LogP contribution < -0.4 is 10.1 Å². The molecule has 0 amide bonds. The van der Waals surface area contributed by atoms with Crippen molar-refractivity contribution in [2.24, 2.45) is 0 Å². The lowest BCUT2D eigenvalue weighted by molar-refractivity contribution is 0.356. The summed E-state index contributed by atoms with van der Waals surface area (Å²) in [5.41, 5.74) is 2.49. The second-order valence-electron chi connectivity index (χ2n) is 4.53. The molecule has 0 fully saturated rings. The molecule has 17 heavy (non-hydrogen) atoms. The number of hydrogen-bond donors (Lipinski definition) is 1. The highest BCUT2D eigenvalue weighted by Crippen LogP contribution is 2.20. The van der Waals surface area contributed by atoms with Crippen molar-refractivity contribution >= 4 is 0 Å². The van der Waals surface area contributed by atoms with Crippen LogP contribution in [0, 0.1) is 6.92 Å². The second-order valence-corrected chi connectivity index (χ2v) is 4.53. The van der Waals surface area contributed by atoms with Gasteiger partial charge in [-0.05, 0) is 19.9 Å². The Kier molecular flexibility index (Phi) is 5.78. The van der Waals surface area contributed by atoms with Crippen molar-refractivity contribution in [1.82, 2.24) is 5.32 Å². The number of hydrogen-bond acceptors (Lipinski definition) is 2. The molecule has 0 aliphatic heterocycles. The molecular formula is C15H23NO. The zero-order valence-electron chi connectivity index (χ0n) is 11.3.